The van der Waals surface area contributed by atoms with Crippen molar-refractivity contribution in [2.45, 2.75) is 99.1 Å². The van der Waals surface area contributed by atoms with Crippen LogP contribution in [0.5, 0.6) is 5.75 Å². The summed E-state index contributed by atoms with van der Waals surface area (Å²) < 4.78 is 42.4. The molecule has 11 nitrogen and oxygen atoms in total. The van der Waals surface area contributed by atoms with E-state index in [1.54, 1.807) is 20.8 Å². The van der Waals surface area contributed by atoms with Crippen molar-refractivity contribution in [1.82, 2.24) is 9.99 Å². The van der Waals surface area contributed by atoms with Crippen molar-refractivity contribution < 1.29 is 37.7 Å². The number of carbonyl (C=O) groups excluding carboxylic acids is 2. The summed E-state index contributed by atoms with van der Waals surface area (Å²) in [7, 11) is -5.03. The smallest absolute Gasteiger partial charge is 0.344 e. The number of benzene rings is 1. The first-order valence-corrected chi connectivity index (χ1v) is 22.3. The minimum absolute atomic E-state index is 0.0255. The Labute approximate surface area is 282 Å². The van der Waals surface area contributed by atoms with E-state index in [2.05, 4.69) is 41.7 Å². The van der Waals surface area contributed by atoms with Crippen LogP contribution >= 0.6 is 7.52 Å². The van der Waals surface area contributed by atoms with Gasteiger partial charge in [-0.05, 0) is 71.1 Å². The molecule has 0 saturated carbocycles. The second-order valence-corrected chi connectivity index (χ2v) is 21.6. The van der Waals surface area contributed by atoms with Gasteiger partial charge in [-0.15, -0.1) is 0 Å². The van der Waals surface area contributed by atoms with Crippen LogP contribution in [0.3, 0.4) is 0 Å². The predicted octanol–water partition coefficient (Wildman–Crippen LogP) is 6.28. The van der Waals surface area contributed by atoms with Gasteiger partial charge in [0.25, 0.3) is 0 Å². The van der Waals surface area contributed by atoms with Gasteiger partial charge in [0, 0.05) is 38.8 Å². The molecule has 0 aliphatic carbocycles. The summed E-state index contributed by atoms with van der Waals surface area (Å²) in [4.78, 5) is 28.0. The molecule has 1 aromatic carbocycles. The number of rotatable bonds is 18. The fraction of sp³-hybridized carbons (Fsp3) is 0.676. The number of nitrogens with zero attached hydrogens (tertiary/aromatic N) is 2. The zero-order valence-corrected chi connectivity index (χ0v) is 31.8. The minimum Gasteiger partial charge on any atom is -0.493 e. The highest BCUT2D eigenvalue weighted by molar-refractivity contribution is 7.57. The van der Waals surface area contributed by atoms with Gasteiger partial charge >= 0.3 is 19.5 Å². The molecule has 0 spiro atoms. The zero-order chi connectivity index (χ0) is 34.8. The van der Waals surface area contributed by atoms with Gasteiger partial charge in [0.05, 0.1) is 38.3 Å². The van der Waals surface area contributed by atoms with Crippen LogP contribution in [-0.2, 0) is 47.6 Å². The lowest BCUT2D eigenvalue weighted by Crippen LogP contribution is -2.38. The first kappa shape index (κ1) is 38.9. The molecule has 1 saturated heterocycles. The van der Waals surface area contributed by atoms with E-state index in [1.165, 1.54) is 0 Å². The summed E-state index contributed by atoms with van der Waals surface area (Å²) in [6.07, 6.45) is 3.95. The molecule has 1 N–H and O–H groups in total. The summed E-state index contributed by atoms with van der Waals surface area (Å²) in [6.45, 7) is 23.1. The number of morpholine rings is 1. The van der Waals surface area contributed by atoms with Gasteiger partial charge in [0.15, 0.2) is 0 Å². The Morgan fingerprint density at radius 3 is 2.49 bits per heavy atom. The third-order valence-electron chi connectivity index (χ3n) is 8.25. The first-order chi connectivity index (χ1) is 22.1. The SMILES string of the molecule is CCc1c(C)c2c(c(OCC[Si](C)(C)C)c1CC=C(C)CP(=O)(N[C@@H](C)C(=O)OCCCN1CCOCC1)ON=C(C)C)C(=O)OC2. The standard InChI is InChI=1S/C34H56N3O8PSi/c1-10-28-26(5)30-22-44-34(39)31(30)32(42-20-21-47(7,8)9)29(28)13-12-25(4)23-46(40,45-35-24(2)3)36-27(6)33(38)43-17-11-14-37-15-18-41-19-16-37/h12,27H,10-11,13-23H2,1-9H3,(H,36,40)/t27-,46?/m0/s1. The van der Waals surface area contributed by atoms with Crippen molar-refractivity contribution in [1.29, 1.82) is 0 Å². The predicted molar refractivity (Wildman–Crippen MR) is 189 cm³/mol. The number of hydrogen-bond acceptors (Lipinski definition) is 10. The third kappa shape index (κ3) is 11.9. The average Bonchev–Trinajstić information content (AvgIpc) is 3.39. The Morgan fingerprint density at radius 1 is 1.15 bits per heavy atom. The fourth-order valence-corrected chi connectivity index (χ4v) is 8.30. The van der Waals surface area contributed by atoms with Crippen LogP contribution in [0, 0.1) is 6.92 Å². The lowest BCUT2D eigenvalue weighted by molar-refractivity contribution is -0.145. The molecular formula is C34H56N3O8PSi. The number of carbonyl (C=O) groups is 2. The molecule has 0 bridgehead atoms. The van der Waals surface area contributed by atoms with Crippen molar-refractivity contribution in [2.75, 3.05) is 52.2 Å². The van der Waals surface area contributed by atoms with Crippen LogP contribution in [-0.4, -0.2) is 88.9 Å². The van der Waals surface area contributed by atoms with Gasteiger partial charge in [-0.25, -0.2) is 9.88 Å². The highest BCUT2D eigenvalue weighted by atomic mass is 31.2. The van der Waals surface area contributed by atoms with E-state index >= 15 is 0 Å². The van der Waals surface area contributed by atoms with Crippen molar-refractivity contribution in [3.8, 4) is 5.75 Å². The van der Waals surface area contributed by atoms with Crippen LogP contribution in [0.2, 0.25) is 25.7 Å². The molecule has 1 fully saturated rings. The Kier molecular flexibility index (Phi) is 14.7. The molecule has 264 valence electrons. The van der Waals surface area contributed by atoms with Gasteiger partial charge in [-0.1, -0.05) is 43.4 Å². The highest BCUT2D eigenvalue weighted by Crippen LogP contribution is 2.46. The monoisotopic (exact) mass is 693 g/mol. The van der Waals surface area contributed by atoms with Gasteiger partial charge in [0.2, 0.25) is 0 Å². The Morgan fingerprint density at radius 2 is 1.85 bits per heavy atom. The Balaban J connectivity index is 1.76. The molecule has 47 heavy (non-hydrogen) atoms. The van der Waals surface area contributed by atoms with E-state index in [4.69, 9.17) is 23.6 Å². The van der Waals surface area contributed by atoms with E-state index in [0.717, 1.165) is 73.1 Å². The average molecular weight is 694 g/mol. The second-order valence-electron chi connectivity index (χ2n) is 13.9. The highest BCUT2D eigenvalue weighted by Gasteiger charge is 2.33. The van der Waals surface area contributed by atoms with Crippen LogP contribution in [0.25, 0.3) is 0 Å². The number of hydrogen-bond donors (Lipinski definition) is 1. The number of allylic oxidation sites excluding steroid dienone is 2. The second kappa shape index (κ2) is 17.8. The summed E-state index contributed by atoms with van der Waals surface area (Å²) in [5, 5.41) is 6.88. The first-order valence-electron chi connectivity index (χ1n) is 16.8. The molecule has 2 heterocycles. The van der Waals surface area contributed by atoms with Crippen LogP contribution in [0.4, 0.5) is 0 Å². The minimum atomic E-state index is -3.65. The summed E-state index contributed by atoms with van der Waals surface area (Å²) in [5.41, 5.74) is 5.92. The zero-order valence-electron chi connectivity index (χ0n) is 30.0. The van der Waals surface area contributed by atoms with E-state index in [0.29, 0.717) is 36.5 Å². The maximum Gasteiger partial charge on any atom is 0.344 e. The number of nitrogens with one attached hydrogen (secondary N) is 1. The van der Waals surface area contributed by atoms with E-state index in [9.17, 15) is 14.2 Å². The maximum atomic E-state index is 14.1. The van der Waals surface area contributed by atoms with Crippen molar-refractivity contribution in [3.05, 3.63) is 39.5 Å². The molecule has 0 radical (unpaired) electrons. The molecule has 1 aromatic rings. The summed E-state index contributed by atoms with van der Waals surface area (Å²) in [5.74, 6) is -0.253. The molecule has 2 aliphatic rings. The molecule has 2 aliphatic heterocycles. The van der Waals surface area contributed by atoms with Crippen LogP contribution in [0.1, 0.15) is 73.7 Å². The van der Waals surface area contributed by atoms with Crippen LogP contribution in [0.15, 0.2) is 16.8 Å². The number of cyclic esters (lactones) is 1. The largest absolute Gasteiger partial charge is 0.493 e. The van der Waals surface area contributed by atoms with E-state index < -0.39 is 27.6 Å². The Hall–Kier alpha value is -2.50. The van der Waals surface area contributed by atoms with Gasteiger partial charge < -0.3 is 23.6 Å². The molecular weight excluding hydrogens is 637 g/mol. The molecule has 3 rings (SSSR count). The number of ether oxygens (including phenoxy) is 4. The normalized spacial score (nSPS) is 17.4. The van der Waals surface area contributed by atoms with Crippen molar-refractivity contribution in [2.24, 2.45) is 5.16 Å². The van der Waals surface area contributed by atoms with Gasteiger partial charge in [-0.3, -0.25) is 14.3 Å². The lowest BCUT2D eigenvalue weighted by atomic mass is 9.89. The molecule has 0 aromatic heterocycles. The topological polar surface area (TPSA) is 125 Å². The number of esters is 2. The molecule has 13 heteroatoms. The Bertz CT molecular complexity index is 1360. The third-order valence-corrected chi connectivity index (χ3v) is 12.0. The number of fused-ring (bicyclic) bond motifs is 1. The molecule has 1 unspecified atom stereocenters. The number of oxime groups is 1. The maximum absolute atomic E-state index is 14.1. The summed E-state index contributed by atoms with van der Waals surface area (Å²) in [6, 6.07) is 0.0891. The lowest BCUT2D eigenvalue weighted by Gasteiger charge is -2.26. The summed E-state index contributed by atoms with van der Waals surface area (Å²) >= 11 is 0. The quantitative estimate of drug-likeness (QED) is 0.0357. The van der Waals surface area contributed by atoms with Gasteiger partial charge in [0.1, 0.15) is 24.0 Å². The molecule has 0 amide bonds. The van der Waals surface area contributed by atoms with E-state index in [-0.39, 0.29) is 25.3 Å². The van der Waals surface area contributed by atoms with Crippen LogP contribution < -0.4 is 9.82 Å². The van der Waals surface area contributed by atoms with E-state index in [1.807, 2.05) is 19.9 Å². The molecule has 2 atom stereocenters. The fourth-order valence-electron chi connectivity index (χ4n) is 5.61. The van der Waals surface area contributed by atoms with Crippen molar-refractivity contribution in [3.63, 3.8) is 0 Å². The van der Waals surface area contributed by atoms with Crippen molar-refractivity contribution >= 4 is 33.2 Å². The van der Waals surface area contributed by atoms with Gasteiger partial charge in [-0.2, -0.15) is 0 Å².